The fourth-order valence-electron chi connectivity index (χ4n) is 2.67. The summed E-state index contributed by atoms with van der Waals surface area (Å²) < 4.78 is 23.0. The van der Waals surface area contributed by atoms with Gasteiger partial charge in [0.15, 0.2) is 8.32 Å². The molecule has 0 bridgehead atoms. The van der Waals surface area contributed by atoms with Crippen LogP contribution in [0, 0.1) is 0 Å². The number of rotatable bonds is 13. The summed E-state index contributed by atoms with van der Waals surface area (Å²) in [5.41, 5.74) is 3.22. The molecule has 0 aromatic heterocycles. The fourth-order valence-corrected chi connectivity index (χ4v) is 3.70. The first-order valence-corrected chi connectivity index (χ1v) is 13.9. The van der Waals surface area contributed by atoms with Crippen molar-refractivity contribution in [2.45, 2.75) is 38.9 Å². The normalized spacial score (nSPS) is 12.0. The van der Waals surface area contributed by atoms with Crippen LogP contribution >= 0.6 is 0 Å². The largest absolute Gasteiger partial charge is 0.491 e. The third-order valence-corrected chi connectivity index (χ3v) is 10.2. The number of ether oxygens (including phenoxy) is 3. The van der Waals surface area contributed by atoms with E-state index in [-0.39, 0.29) is 5.04 Å². The molecule has 0 spiro atoms. The maximum atomic E-state index is 6.08. The molecule has 4 nitrogen and oxygen atoms in total. The highest BCUT2D eigenvalue weighted by molar-refractivity contribution is 6.74. The van der Waals surface area contributed by atoms with Gasteiger partial charge in [-0.2, -0.15) is 0 Å². The zero-order chi connectivity index (χ0) is 22.7. The van der Waals surface area contributed by atoms with E-state index in [2.05, 4.69) is 52.6 Å². The van der Waals surface area contributed by atoms with Crippen LogP contribution in [-0.2, 0) is 13.9 Å². The smallest absolute Gasteiger partial charge is 0.192 e. The van der Waals surface area contributed by atoms with E-state index in [4.69, 9.17) is 18.6 Å². The molecule has 0 N–H and O–H groups in total. The van der Waals surface area contributed by atoms with Gasteiger partial charge in [0.1, 0.15) is 12.4 Å². The maximum Gasteiger partial charge on any atom is 0.192 e. The third-order valence-electron chi connectivity index (χ3n) is 5.69. The van der Waals surface area contributed by atoms with Crippen LogP contribution in [0.3, 0.4) is 0 Å². The molecular weight excluding hydrogens is 404 g/mol. The molecule has 0 aliphatic heterocycles. The van der Waals surface area contributed by atoms with Crippen molar-refractivity contribution in [1.82, 2.24) is 0 Å². The quantitative estimate of drug-likeness (QED) is 0.274. The lowest BCUT2D eigenvalue weighted by molar-refractivity contribution is 0.0260. The van der Waals surface area contributed by atoms with E-state index < -0.39 is 8.32 Å². The van der Waals surface area contributed by atoms with Crippen LogP contribution in [0.5, 0.6) is 5.75 Å². The van der Waals surface area contributed by atoms with Crippen molar-refractivity contribution in [3.05, 3.63) is 72.3 Å². The van der Waals surface area contributed by atoms with Crippen LogP contribution in [0.1, 0.15) is 31.9 Å². The summed E-state index contributed by atoms with van der Waals surface area (Å²) in [6.07, 6.45) is 0. The first-order valence-electron chi connectivity index (χ1n) is 11.0. The van der Waals surface area contributed by atoms with Crippen LogP contribution in [0.4, 0.5) is 0 Å². The Bertz CT molecular complexity index is 779. The molecule has 0 fully saturated rings. The topological polar surface area (TPSA) is 36.9 Å². The van der Waals surface area contributed by atoms with Gasteiger partial charge in [-0.3, -0.25) is 0 Å². The van der Waals surface area contributed by atoms with Gasteiger partial charge in [0.25, 0.3) is 0 Å². The number of hydrogen-bond donors (Lipinski definition) is 0. The minimum absolute atomic E-state index is 0.228. The fraction of sp³-hybridized carbons (Fsp3) is 0.462. The molecular formula is C26H38O4Si. The van der Waals surface area contributed by atoms with Crippen molar-refractivity contribution < 1.29 is 18.6 Å². The molecule has 170 valence electrons. The molecule has 0 atom stereocenters. The molecule has 2 rings (SSSR count). The van der Waals surface area contributed by atoms with Gasteiger partial charge >= 0.3 is 0 Å². The van der Waals surface area contributed by atoms with Gasteiger partial charge in [-0.1, -0.05) is 69.8 Å². The van der Waals surface area contributed by atoms with E-state index in [1.165, 1.54) is 0 Å². The molecule has 0 aliphatic rings. The van der Waals surface area contributed by atoms with Crippen LogP contribution in [-0.4, -0.2) is 48.0 Å². The van der Waals surface area contributed by atoms with Gasteiger partial charge in [-0.05, 0) is 47.0 Å². The Hall–Kier alpha value is -1.92. The van der Waals surface area contributed by atoms with Gasteiger partial charge in [-0.25, -0.2) is 0 Å². The van der Waals surface area contributed by atoms with Crippen molar-refractivity contribution in [2.24, 2.45) is 0 Å². The lowest BCUT2D eigenvalue weighted by atomic mass is 10.00. The summed E-state index contributed by atoms with van der Waals surface area (Å²) in [5.74, 6) is 0.826. The Labute approximate surface area is 189 Å². The average Bonchev–Trinajstić information content (AvgIpc) is 2.74. The Morgan fingerprint density at radius 3 is 1.84 bits per heavy atom. The van der Waals surface area contributed by atoms with Crippen molar-refractivity contribution >= 4 is 13.9 Å². The second kappa shape index (κ2) is 12.2. The van der Waals surface area contributed by atoms with Crippen molar-refractivity contribution in [3.8, 4) is 5.75 Å². The van der Waals surface area contributed by atoms with Gasteiger partial charge in [-0.15, -0.1) is 0 Å². The van der Waals surface area contributed by atoms with Crippen molar-refractivity contribution in [2.75, 3.05) is 39.6 Å². The van der Waals surface area contributed by atoms with Crippen LogP contribution in [0.25, 0.3) is 5.57 Å². The zero-order valence-corrected chi connectivity index (χ0v) is 20.8. The third kappa shape index (κ3) is 8.61. The van der Waals surface area contributed by atoms with E-state index in [1.807, 2.05) is 42.5 Å². The van der Waals surface area contributed by atoms with Crippen LogP contribution in [0.2, 0.25) is 18.1 Å². The minimum Gasteiger partial charge on any atom is -0.491 e. The highest BCUT2D eigenvalue weighted by Gasteiger charge is 2.36. The molecule has 0 heterocycles. The monoisotopic (exact) mass is 442 g/mol. The SMILES string of the molecule is C=C(c1ccccc1)c1ccc(OCCOCCOCCO[Si](C)(C)C(C)(C)C)cc1. The molecule has 0 saturated carbocycles. The summed E-state index contributed by atoms with van der Waals surface area (Å²) in [6, 6.07) is 18.2. The summed E-state index contributed by atoms with van der Waals surface area (Å²) in [7, 11) is -1.68. The van der Waals surface area contributed by atoms with E-state index in [0.717, 1.165) is 22.4 Å². The van der Waals surface area contributed by atoms with Gasteiger partial charge in [0, 0.05) is 0 Å². The first kappa shape index (κ1) is 25.3. The predicted octanol–water partition coefficient (Wildman–Crippen LogP) is 6.18. The molecule has 0 saturated heterocycles. The summed E-state index contributed by atoms with van der Waals surface area (Å²) in [6.45, 7) is 18.8. The minimum atomic E-state index is -1.68. The Morgan fingerprint density at radius 1 is 0.742 bits per heavy atom. The van der Waals surface area contributed by atoms with Crippen LogP contribution < -0.4 is 4.74 Å². The van der Waals surface area contributed by atoms with Crippen LogP contribution in [0.15, 0.2) is 61.2 Å². The molecule has 2 aromatic carbocycles. The Balaban J connectivity index is 1.54. The Kier molecular flexibility index (Phi) is 9.97. The van der Waals surface area contributed by atoms with Gasteiger partial charge in [0.05, 0.1) is 33.0 Å². The molecule has 5 heteroatoms. The van der Waals surface area contributed by atoms with E-state index in [0.29, 0.717) is 39.6 Å². The molecule has 0 aliphatic carbocycles. The van der Waals surface area contributed by atoms with Gasteiger partial charge < -0.3 is 18.6 Å². The van der Waals surface area contributed by atoms with Crippen molar-refractivity contribution in [1.29, 1.82) is 0 Å². The number of hydrogen-bond acceptors (Lipinski definition) is 4. The highest BCUT2D eigenvalue weighted by Crippen LogP contribution is 2.36. The second-order valence-corrected chi connectivity index (χ2v) is 13.9. The second-order valence-electron chi connectivity index (χ2n) is 9.05. The van der Waals surface area contributed by atoms with Gasteiger partial charge in [0.2, 0.25) is 0 Å². The lowest BCUT2D eigenvalue weighted by Crippen LogP contribution is -2.41. The number of benzene rings is 2. The van der Waals surface area contributed by atoms with E-state index in [9.17, 15) is 0 Å². The first-order chi connectivity index (χ1) is 14.7. The van der Waals surface area contributed by atoms with Crippen molar-refractivity contribution in [3.63, 3.8) is 0 Å². The maximum absolute atomic E-state index is 6.08. The molecule has 0 unspecified atom stereocenters. The molecule has 0 amide bonds. The van der Waals surface area contributed by atoms with E-state index in [1.54, 1.807) is 0 Å². The summed E-state index contributed by atoms with van der Waals surface area (Å²) >= 11 is 0. The predicted molar refractivity (Wildman–Crippen MR) is 131 cm³/mol. The average molecular weight is 443 g/mol. The zero-order valence-electron chi connectivity index (χ0n) is 19.8. The Morgan fingerprint density at radius 2 is 1.26 bits per heavy atom. The van der Waals surface area contributed by atoms with E-state index >= 15 is 0 Å². The molecule has 0 radical (unpaired) electrons. The summed E-state index contributed by atoms with van der Waals surface area (Å²) in [5, 5.41) is 0.228. The molecule has 31 heavy (non-hydrogen) atoms. The highest BCUT2D eigenvalue weighted by atomic mass is 28.4. The summed E-state index contributed by atoms with van der Waals surface area (Å²) in [4.78, 5) is 0. The lowest BCUT2D eigenvalue weighted by Gasteiger charge is -2.36. The molecule has 2 aromatic rings. The standard InChI is InChI=1S/C26H38O4Si/c1-22(23-10-8-7-9-11-23)24-12-14-25(15-13-24)29-20-18-27-16-17-28-19-21-30-31(5,6)26(2,3)4/h7-15H,1,16-21H2,2-6H3.